The highest BCUT2D eigenvalue weighted by Gasteiger charge is 2.31. The largest absolute Gasteiger partial charge is 0.311 e. The lowest BCUT2D eigenvalue weighted by molar-refractivity contribution is 0.0867. The second-order valence-corrected chi connectivity index (χ2v) is 7.84. The van der Waals surface area contributed by atoms with Crippen LogP contribution in [0.25, 0.3) is 0 Å². The fourth-order valence-electron chi connectivity index (χ4n) is 3.60. The van der Waals surface area contributed by atoms with Crippen molar-refractivity contribution < 1.29 is 0 Å². The van der Waals surface area contributed by atoms with Gasteiger partial charge in [0.2, 0.25) is 0 Å². The van der Waals surface area contributed by atoms with Crippen molar-refractivity contribution in [3.8, 4) is 0 Å². The summed E-state index contributed by atoms with van der Waals surface area (Å²) in [5.74, 6) is 1.70. The number of hydrogen-bond acceptors (Lipinski definition) is 2. The highest BCUT2D eigenvalue weighted by Crippen LogP contribution is 2.30. The lowest BCUT2D eigenvalue weighted by Gasteiger charge is -2.43. The van der Waals surface area contributed by atoms with Gasteiger partial charge >= 0.3 is 0 Å². The van der Waals surface area contributed by atoms with Gasteiger partial charge in [-0.25, -0.2) is 0 Å². The molecule has 0 aromatic rings. The summed E-state index contributed by atoms with van der Waals surface area (Å²) in [5.41, 5.74) is 0.439. The Balaban J connectivity index is 1.86. The van der Waals surface area contributed by atoms with Crippen LogP contribution in [0.2, 0.25) is 0 Å². The molecule has 0 radical (unpaired) electrons. The smallest absolute Gasteiger partial charge is 0.0223 e. The number of piperazine rings is 1. The van der Waals surface area contributed by atoms with Crippen LogP contribution in [-0.4, -0.2) is 37.1 Å². The van der Waals surface area contributed by atoms with E-state index in [1.165, 1.54) is 58.3 Å². The lowest BCUT2D eigenvalue weighted by Crippen LogP contribution is -2.56. The van der Waals surface area contributed by atoms with Crippen LogP contribution in [0.3, 0.4) is 0 Å². The normalized spacial score (nSPS) is 27.9. The Bertz CT molecular complexity index is 266. The molecule has 1 saturated heterocycles. The summed E-state index contributed by atoms with van der Waals surface area (Å²) in [6.45, 7) is 14.5. The highest BCUT2D eigenvalue weighted by atomic mass is 15.2. The average Bonchev–Trinajstić information content (AvgIpc) is 2.39. The molecule has 1 unspecified atom stereocenters. The summed E-state index contributed by atoms with van der Waals surface area (Å²) in [6, 6.07) is 0.761. The third kappa shape index (κ3) is 4.19. The van der Waals surface area contributed by atoms with E-state index in [-0.39, 0.29) is 0 Å². The van der Waals surface area contributed by atoms with E-state index in [4.69, 9.17) is 0 Å². The van der Waals surface area contributed by atoms with Gasteiger partial charge in [0, 0.05) is 32.2 Å². The van der Waals surface area contributed by atoms with Crippen LogP contribution in [0, 0.1) is 17.3 Å². The molecule has 112 valence electrons. The van der Waals surface area contributed by atoms with E-state index < -0.39 is 0 Å². The lowest BCUT2D eigenvalue weighted by atomic mass is 9.79. The van der Waals surface area contributed by atoms with Crippen molar-refractivity contribution in [1.29, 1.82) is 0 Å². The van der Waals surface area contributed by atoms with E-state index in [0.29, 0.717) is 5.41 Å². The topological polar surface area (TPSA) is 15.3 Å². The molecule has 2 nitrogen and oxygen atoms in total. The Labute approximate surface area is 120 Å². The summed E-state index contributed by atoms with van der Waals surface area (Å²) in [5, 5.41) is 3.79. The fourth-order valence-corrected chi connectivity index (χ4v) is 3.60. The van der Waals surface area contributed by atoms with Crippen molar-refractivity contribution >= 4 is 0 Å². The van der Waals surface area contributed by atoms with Crippen LogP contribution < -0.4 is 5.32 Å². The Kier molecular flexibility index (Phi) is 5.30. The van der Waals surface area contributed by atoms with Gasteiger partial charge in [0.1, 0.15) is 0 Å². The van der Waals surface area contributed by atoms with Crippen LogP contribution in [0.15, 0.2) is 0 Å². The van der Waals surface area contributed by atoms with Crippen molar-refractivity contribution in [2.24, 2.45) is 17.3 Å². The monoisotopic (exact) mass is 266 g/mol. The molecule has 1 atom stereocenters. The van der Waals surface area contributed by atoms with Crippen molar-refractivity contribution in [3.05, 3.63) is 0 Å². The van der Waals surface area contributed by atoms with E-state index in [0.717, 1.165) is 17.9 Å². The summed E-state index contributed by atoms with van der Waals surface area (Å²) >= 11 is 0. The zero-order valence-electron chi connectivity index (χ0n) is 13.5. The number of hydrogen-bond donors (Lipinski definition) is 1. The van der Waals surface area contributed by atoms with Gasteiger partial charge in [-0.2, -0.15) is 0 Å². The van der Waals surface area contributed by atoms with E-state index >= 15 is 0 Å². The second kappa shape index (κ2) is 6.58. The van der Waals surface area contributed by atoms with Crippen molar-refractivity contribution in [2.45, 2.75) is 65.8 Å². The summed E-state index contributed by atoms with van der Waals surface area (Å²) in [4.78, 5) is 2.72. The van der Waals surface area contributed by atoms with Gasteiger partial charge in [-0.15, -0.1) is 0 Å². The molecule has 1 aliphatic heterocycles. The fraction of sp³-hybridized carbons (Fsp3) is 1.00. The van der Waals surface area contributed by atoms with Gasteiger partial charge in [-0.3, -0.25) is 4.90 Å². The van der Waals surface area contributed by atoms with Crippen LogP contribution in [0.4, 0.5) is 0 Å². The molecule has 0 aromatic carbocycles. The first kappa shape index (κ1) is 15.3. The minimum Gasteiger partial charge on any atom is -0.311 e. The second-order valence-electron chi connectivity index (χ2n) is 7.84. The van der Waals surface area contributed by atoms with Gasteiger partial charge in [0.25, 0.3) is 0 Å². The van der Waals surface area contributed by atoms with Crippen molar-refractivity contribution in [3.63, 3.8) is 0 Å². The molecular weight excluding hydrogens is 232 g/mol. The van der Waals surface area contributed by atoms with Gasteiger partial charge in [-0.1, -0.05) is 47.0 Å². The molecule has 0 spiro atoms. The molecule has 0 amide bonds. The maximum Gasteiger partial charge on any atom is 0.0223 e. The van der Waals surface area contributed by atoms with Crippen LogP contribution in [-0.2, 0) is 0 Å². The van der Waals surface area contributed by atoms with E-state index in [2.05, 4.69) is 37.9 Å². The van der Waals surface area contributed by atoms with Crippen LogP contribution in [0.1, 0.15) is 59.8 Å². The number of nitrogens with zero attached hydrogens (tertiary/aromatic N) is 1. The third-order valence-corrected chi connectivity index (χ3v) is 5.70. The third-order valence-electron chi connectivity index (χ3n) is 5.70. The van der Waals surface area contributed by atoms with E-state index in [9.17, 15) is 0 Å². The van der Waals surface area contributed by atoms with Crippen molar-refractivity contribution in [2.75, 3.05) is 26.2 Å². The maximum absolute atomic E-state index is 3.79. The quantitative estimate of drug-likeness (QED) is 0.837. The molecule has 2 rings (SSSR count). The Morgan fingerprint density at radius 2 is 1.84 bits per heavy atom. The minimum absolute atomic E-state index is 0.439. The Morgan fingerprint density at radius 1 is 1.16 bits per heavy atom. The predicted octanol–water partition coefficient (Wildman–Crippen LogP) is 3.52. The zero-order chi connectivity index (χ0) is 13.9. The minimum atomic E-state index is 0.439. The maximum atomic E-state index is 3.79. The molecule has 0 bridgehead atoms. The Hall–Kier alpha value is -0.0800. The van der Waals surface area contributed by atoms with Gasteiger partial charge < -0.3 is 5.32 Å². The standard InChI is InChI=1S/C17H34N2/c1-14(2)17(3,4)13-19-11-10-18-16(12-19)15-8-6-5-7-9-15/h14-16,18H,5-13H2,1-4H3. The first-order chi connectivity index (χ1) is 8.99. The molecule has 19 heavy (non-hydrogen) atoms. The molecule has 2 fully saturated rings. The van der Waals surface area contributed by atoms with Crippen LogP contribution >= 0.6 is 0 Å². The molecule has 1 N–H and O–H groups in total. The van der Waals surface area contributed by atoms with Gasteiger partial charge in [-0.05, 0) is 30.1 Å². The predicted molar refractivity (Wildman–Crippen MR) is 83.4 cm³/mol. The molecule has 1 aliphatic carbocycles. The molecule has 2 heteroatoms. The number of nitrogens with one attached hydrogen (secondary N) is 1. The highest BCUT2D eigenvalue weighted by molar-refractivity contribution is 4.88. The van der Waals surface area contributed by atoms with Gasteiger partial charge in [0.15, 0.2) is 0 Å². The molecular formula is C17H34N2. The zero-order valence-corrected chi connectivity index (χ0v) is 13.5. The van der Waals surface area contributed by atoms with Crippen molar-refractivity contribution in [1.82, 2.24) is 10.2 Å². The molecule has 1 saturated carbocycles. The molecule has 2 aliphatic rings. The summed E-state index contributed by atoms with van der Waals surface area (Å²) < 4.78 is 0. The van der Waals surface area contributed by atoms with E-state index in [1.54, 1.807) is 0 Å². The molecule has 0 aromatic heterocycles. The summed E-state index contributed by atoms with van der Waals surface area (Å²) in [6.07, 6.45) is 7.30. The van der Waals surface area contributed by atoms with Crippen LogP contribution in [0.5, 0.6) is 0 Å². The Morgan fingerprint density at radius 3 is 2.47 bits per heavy atom. The van der Waals surface area contributed by atoms with Gasteiger partial charge in [0.05, 0.1) is 0 Å². The first-order valence-corrected chi connectivity index (χ1v) is 8.45. The average molecular weight is 266 g/mol. The number of rotatable bonds is 4. The SMILES string of the molecule is CC(C)C(C)(C)CN1CCNC(C2CCCCC2)C1. The van der Waals surface area contributed by atoms with E-state index in [1.807, 2.05) is 0 Å². The summed E-state index contributed by atoms with van der Waals surface area (Å²) in [7, 11) is 0. The molecule has 1 heterocycles. The first-order valence-electron chi connectivity index (χ1n) is 8.45.